The summed E-state index contributed by atoms with van der Waals surface area (Å²) in [4.78, 5) is 0. The second-order valence-electron chi connectivity index (χ2n) is 6.77. The average Bonchev–Trinajstić information content (AvgIpc) is 3.10. The molecule has 2 aromatic carbocycles. The molecule has 1 N–H and O–H groups in total. The Balaban J connectivity index is 1.67. The Kier molecular flexibility index (Phi) is 4.17. The molecule has 1 aliphatic heterocycles. The van der Waals surface area contributed by atoms with Crippen LogP contribution in [0.15, 0.2) is 48.5 Å². The van der Waals surface area contributed by atoms with Gasteiger partial charge in [0, 0.05) is 5.02 Å². The third-order valence-electron chi connectivity index (χ3n) is 4.81. The molecule has 25 heavy (non-hydrogen) atoms. The van der Waals surface area contributed by atoms with Crippen molar-refractivity contribution in [1.29, 1.82) is 0 Å². The summed E-state index contributed by atoms with van der Waals surface area (Å²) in [7, 11) is 0. The highest BCUT2D eigenvalue weighted by atomic mass is 35.5. The van der Waals surface area contributed by atoms with Gasteiger partial charge < -0.3 is 5.32 Å². The van der Waals surface area contributed by atoms with Gasteiger partial charge in [-0.2, -0.15) is 0 Å². The van der Waals surface area contributed by atoms with Crippen LogP contribution in [0.1, 0.15) is 55.0 Å². The Labute approximate surface area is 152 Å². The maximum Gasteiger partial charge on any atom is 0.243 e. The van der Waals surface area contributed by atoms with Crippen molar-refractivity contribution in [3.63, 3.8) is 0 Å². The summed E-state index contributed by atoms with van der Waals surface area (Å²) in [5, 5.41) is 16.3. The summed E-state index contributed by atoms with van der Waals surface area (Å²) in [6.07, 6.45) is 0.876. The fraction of sp³-hybridized carbons (Fsp3) is 0.316. The number of rotatable bonds is 3. The molecule has 128 valence electrons. The van der Waals surface area contributed by atoms with E-state index in [9.17, 15) is 0 Å². The van der Waals surface area contributed by atoms with Crippen molar-refractivity contribution in [2.45, 2.75) is 38.3 Å². The van der Waals surface area contributed by atoms with Crippen LogP contribution in [0.5, 0.6) is 0 Å². The van der Waals surface area contributed by atoms with Gasteiger partial charge in [-0.1, -0.05) is 66.9 Å². The molecule has 1 aromatic heterocycles. The second-order valence-corrected chi connectivity index (χ2v) is 7.20. The standard InChI is InChI=1S/C19H20ClN5/c1-12(2)13-3-5-14(6-4-13)17-11-18(15-7-9-16(20)10-8-15)25-19(21-17)22-23-24-25/h3-10,12,17-18H,11H2,1-2H3,(H,21,22,24)/t17-,18+/m0/s1. The molecule has 3 aromatic rings. The Morgan fingerprint density at radius 2 is 1.72 bits per heavy atom. The number of hydrogen-bond donors (Lipinski definition) is 1. The zero-order valence-corrected chi connectivity index (χ0v) is 15.0. The van der Waals surface area contributed by atoms with E-state index in [-0.39, 0.29) is 12.1 Å². The molecular formula is C19H20ClN5. The summed E-state index contributed by atoms with van der Waals surface area (Å²) in [6.45, 7) is 4.41. The number of fused-ring (bicyclic) bond motifs is 1. The van der Waals surface area contributed by atoms with Crippen LogP contribution in [-0.2, 0) is 0 Å². The van der Waals surface area contributed by atoms with Crippen LogP contribution in [-0.4, -0.2) is 20.2 Å². The SMILES string of the molecule is CC(C)c1ccc([C@@H]2C[C@H](c3ccc(Cl)cc3)n3nnnc3N2)cc1. The highest BCUT2D eigenvalue weighted by Gasteiger charge is 2.30. The molecule has 0 fully saturated rings. The zero-order chi connectivity index (χ0) is 17.4. The topological polar surface area (TPSA) is 55.6 Å². The smallest absolute Gasteiger partial charge is 0.243 e. The maximum atomic E-state index is 6.04. The summed E-state index contributed by atoms with van der Waals surface area (Å²) in [6, 6.07) is 17.0. The molecule has 0 unspecified atom stereocenters. The number of nitrogens with one attached hydrogen (secondary N) is 1. The van der Waals surface area contributed by atoms with Gasteiger partial charge in [0.05, 0.1) is 12.1 Å². The molecule has 0 saturated carbocycles. The van der Waals surface area contributed by atoms with Crippen LogP contribution < -0.4 is 5.32 Å². The Bertz CT molecular complexity index is 854. The van der Waals surface area contributed by atoms with Crippen LogP contribution in [0.2, 0.25) is 5.02 Å². The first-order valence-corrected chi connectivity index (χ1v) is 8.89. The lowest BCUT2D eigenvalue weighted by Gasteiger charge is -2.31. The number of anilines is 1. The molecule has 0 saturated heterocycles. The number of aromatic nitrogens is 4. The molecule has 5 nitrogen and oxygen atoms in total. The normalized spacial score (nSPS) is 19.5. The third kappa shape index (κ3) is 3.12. The Morgan fingerprint density at radius 1 is 1.04 bits per heavy atom. The van der Waals surface area contributed by atoms with E-state index >= 15 is 0 Å². The van der Waals surface area contributed by atoms with Crippen LogP contribution in [0.3, 0.4) is 0 Å². The molecule has 2 heterocycles. The zero-order valence-electron chi connectivity index (χ0n) is 14.2. The van der Waals surface area contributed by atoms with Crippen molar-refractivity contribution in [3.8, 4) is 0 Å². The molecule has 0 bridgehead atoms. The van der Waals surface area contributed by atoms with E-state index in [1.165, 1.54) is 11.1 Å². The first-order valence-electron chi connectivity index (χ1n) is 8.51. The molecule has 0 amide bonds. The Morgan fingerprint density at radius 3 is 2.40 bits per heavy atom. The van der Waals surface area contributed by atoms with E-state index in [1.54, 1.807) is 0 Å². The summed E-state index contributed by atoms with van der Waals surface area (Å²) in [5.74, 6) is 1.23. The van der Waals surface area contributed by atoms with E-state index in [4.69, 9.17) is 11.6 Å². The molecule has 0 radical (unpaired) electrons. The van der Waals surface area contributed by atoms with Gasteiger partial charge >= 0.3 is 0 Å². The minimum atomic E-state index is 0.0818. The van der Waals surface area contributed by atoms with Crippen LogP contribution >= 0.6 is 11.6 Å². The fourth-order valence-corrected chi connectivity index (χ4v) is 3.46. The van der Waals surface area contributed by atoms with Crippen LogP contribution in [0.4, 0.5) is 5.95 Å². The van der Waals surface area contributed by atoms with Crippen LogP contribution in [0, 0.1) is 0 Å². The monoisotopic (exact) mass is 353 g/mol. The van der Waals surface area contributed by atoms with Crippen molar-refractivity contribution in [3.05, 3.63) is 70.2 Å². The highest BCUT2D eigenvalue weighted by molar-refractivity contribution is 6.30. The predicted octanol–water partition coefficient (Wildman–Crippen LogP) is 4.60. The summed E-state index contributed by atoms with van der Waals surface area (Å²) >= 11 is 6.04. The lowest BCUT2D eigenvalue weighted by Crippen LogP contribution is -2.28. The van der Waals surface area contributed by atoms with Crippen LogP contribution in [0.25, 0.3) is 0 Å². The van der Waals surface area contributed by atoms with Crippen molar-refractivity contribution >= 4 is 17.5 Å². The van der Waals surface area contributed by atoms with Gasteiger partial charge in [0.1, 0.15) is 0 Å². The van der Waals surface area contributed by atoms with Gasteiger partial charge in [-0.15, -0.1) is 0 Å². The largest absolute Gasteiger partial charge is 0.346 e. The molecule has 6 heteroatoms. The molecular weight excluding hydrogens is 334 g/mol. The number of hydrogen-bond acceptors (Lipinski definition) is 4. The molecule has 4 rings (SSSR count). The van der Waals surface area contributed by atoms with Crippen molar-refractivity contribution in [2.75, 3.05) is 5.32 Å². The minimum Gasteiger partial charge on any atom is -0.346 e. The average molecular weight is 354 g/mol. The molecule has 0 spiro atoms. The van der Waals surface area contributed by atoms with Crippen molar-refractivity contribution < 1.29 is 0 Å². The van der Waals surface area contributed by atoms with Gasteiger partial charge in [0.25, 0.3) is 0 Å². The summed E-state index contributed by atoms with van der Waals surface area (Å²) < 4.78 is 1.85. The minimum absolute atomic E-state index is 0.0818. The fourth-order valence-electron chi connectivity index (χ4n) is 3.33. The first-order chi connectivity index (χ1) is 12.1. The van der Waals surface area contributed by atoms with Gasteiger partial charge in [0.2, 0.25) is 5.95 Å². The lowest BCUT2D eigenvalue weighted by molar-refractivity contribution is 0.424. The number of benzene rings is 2. The highest BCUT2D eigenvalue weighted by Crippen LogP contribution is 2.37. The van der Waals surface area contributed by atoms with Gasteiger partial charge in [-0.05, 0) is 51.6 Å². The number of nitrogens with zero attached hydrogens (tertiary/aromatic N) is 4. The predicted molar refractivity (Wildman–Crippen MR) is 98.9 cm³/mol. The lowest BCUT2D eigenvalue weighted by atomic mass is 9.92. The van der Waals surface area contributed by atoms with Gasteiger partial charge in [-0.25, -0.2) is 4.68 Å². The van der Waals surface area contributed by atoms with Gasteiger partial charge in [-0.3, -0.25) is 0 Å². The molecule has 0 aliphatic carbocycles. The quantitative estimate of drug-likeness (QED) is 0.747. The van der Waals surface area contributed by atoms with E-state index < -0.39 is 0 Å². The van der Waals surface area contributed by atoms with E-state index in [0.29, 0.717) is 11.9 Å². The second kappa shape index (κ2) is 6.48. The van der Waals surface area contributed by atoms with Gasteiger partial charge in [0.15, 0.2) is 0 Å². The van der Waals surface area contributed by atoms with Crippen molar-refractivity contribution in [2.24, 2.45) is 0 Å². The van der Waals surface area contributed by atoms with Crippen molar-refractivity contribution in [1.82, 2.24) is 20.2 Å². The number of halogens is 1. The van der Waals surface area contributed by atoms with E-state index in [1.807, 2.05) is 28.9 Å². The van der Waals surface area contributed by atoms with E-state index in [2.05, 4.69) is 59.0 Å². The first kappa shape index (κ1) is 16.1. The maximum absolute atomic E-state index is 6.04. The summed E-state index contributed by atoms with van der Waals surface area (Å²) in [5.41, 5.74) is 3.75. The third-order valence-corrected chi connectivity index (χ3v) is 5.06. The number of tetrazole rings is 1. The van der Waals surface area contributed by atoms with E-state index in [0.717, 1.165) is 17.0 Å². The Hall–Kier alpha value is -2.40. The molecule has 2 atom stereocenters. The molecule has 1 aliphatic rings.